The van der Waals surface area contributed by atoms with Crippen molar-refractivity contribution in [2.45, 2.75) is 26.4 Å². The van der Waals surface area contributed by atoms with Crippen LogP contribution in [0.5, 0.6) is 0 Å². The highest BCUT2D eigenvalue weighted by atomic mass is 16.3. The van der Waals surface area contributed by atoms with Crippen molar-refractivity contribution in [1.29, 1.82) is 0 Å². The van der Waals surface area contributed by atoms with E-state index in [4.69, 9.17) is 10.2 Å². The van der Waals surface area contributed by atoms with Gasteiger partial charge in [0.05, 0.1) is 6.54 Å². The average molecular weight is 274 g/mol. The van der Waals surface area contributed by atoms with Crippen LogP contribution in [0.25, 0.3) is 11.1 Å². The number of nitrogens with two attached hydrogens (primary N) is 1. The lowest BCUT2D eigenvalue weighted by Gasteiger charge is -2.38. The molecule has 5 nitrogen and oxygen atoms in total. The lowest BCUT2D eigenvalue weighted by molar-refractivity contribution is 0.0782. The van der Waals surface area contributed by atoms with Gasteiger partial charge in [-0.2, -0.15) is 0 Å². The van der Waals surface area contributed by atoms with Gasteiger partial charge in [-0.15, -0.1) is 0 Å². The van der Waals surface area contributed by atoms with Crippen LogP contribution in [0, 0.1) is 0 Å². The van der Waals surface area contributed by atoms with Crippen LogP contribution in [0.3, 0.4) is 0 Å². The molecule has 108 valence electrons. The number of hydrogen-bond acceptors (Lipinski definition) is 5. The molecule has 0 saturated carbocycles. The summed E-state index contributed by atoms with van der Waals surface area (Å²) in [6.07, 6.45) is 0. The van der Waals surface area contributed by atoms with Gasteiger partial charge in [0.15, 0.2) is 5.58 Å². The molecule has 0 spiro atoms. The SMILES string of the molecule is CCN1CCN(Cc2nc3ccc(N)cc3o2)CC1C. The number of hydrogen-bond donors (Lipinski definition) is 1. The number of piperazine rings is 1. The zero-order chi connectivity index (χ0) is 14.1. The van der Waals surface area contributed by atoms with E-state index in [-0.39, 0.29) is 0 Å². The summed E-state index contributed by atoms with van der Waals surface area (Å²) in [6, 6.07) is 6.20. The van der Waals surface area contributed by atoms with Crippen molar-refractivity contribution >= 4 is 16.8 Å². The summed E-state index contributed by atoms with van der Waals surface area (Å²) in [5.74, 6) is 0.780. The molecule has 1 aromatic carbocycles. The third-order valence-corrected chi connectivity index (χ3v) is 4.07. The molecule has 2 heterocycles. The minimum atomic E-state index is 0.591. The van der Waals surface area contributed by atoms with E-state index in [1.165, 1.54) is 0 Å². The predicted molar refractivity (Wildman–Crippen MR) is 80.4 cm³/mol. The summed E-state index contributed by atoms with van der Waals surface area (Å²) in [7, 11) is 0. The summed E-state index contributed by atoms with van der Waals surface area (Å²) < 4.78 is 5.79. The summed E-state index contributed by atoms with van der Waals surface area (Å²) in [4.78, 5) is 9.45. The van der Waals surface area contributed by atoms with Gasteiger partial charge in [-0.05, 0) is 25.6 Å². The molecule has 1 fully saturated rings. The van der Waals surface area contributed by atoms with Crippen molar-refractivity contribution < 1.29 is 4.42 Å². The molecular formula is C15H22N4O. The molecule has 2 aromatic rings. The molecule has 5 heteroatoms. The molecule has 1 saturated heterocycles. The monoisotopic (exact) mass is 274 g/mol. The van der Waals surface area contributed by atoms with Crippen LogP contribution in [0.15, 0.2) is 22.6 Å². The van der Waals surface area contributed by atoms with E-state index >= 15 is 0 Å². The number of rotatable bonds is 3. The van der Waals surface area contributed by atoms with Crippen LogP contribution >= 0.6 is 0 Å². The first kappa shape index (κ1) is 13.4. The Morgan fingerprint density at radius 1 is 1.40 bits per heavy atom. The number of oxazole rings is 1. The minimum absolute atomic E-state index is 0.591. The minimum Gasteiger partial charge on any atom is -0.439 e. The van der Waals surface area contributed by atoms with E-state index in [0.717, 1.165) is 49.7 Å². The zero-order valence-electron chi connectivity index (χ0n) is 12.2. The van der Waals surface area contributed by atoms with Crippen molar-refractivity contribution in [2.24, 2.45) is 0 Å². The summed E-state index contributed by atoms with van der Waals surface area (Å²) >= 11 is 0. The van der Waals surface area contributed by atoms with Gasteiger partial charge in [0.25, 0.3) is 0 Å². The number of anilines is 1. The molecule has 1 aliphatic rings. The van der Waals surface area contributed by atoms with Gasteiger partial charge in [0.1, 0.15) is 5.52 Å². The van der Waals surface area contributed by atoms with Gasteiger partial charge in [-0.3, -0.25) is 9.80 Å². The van der Waals surface area contributed by atoms with Gasteiger partial charge in [0, 0.05) is 37.4 Å². The van der Waals surface area contributed by atoms with E-state index in [9.17, 15) is 0 Å². The summed E-state index contributed by atoms with van der Waals surface area (Å²) in [5.41, 5.74) is 8.14. The van der Waals surface area contributed by atoms with Crippen molar-refractivity contribution in [3.8, 4) is 0 Å². The first-order valence-corrected chi connectivity index (χ1v) is 7.27. The van der Waals surface area contributed by atoms with Crippen LogP contribution in [0.4, 0.5) is 5.69 Å². The van der Waals surface area contributed by atoms with Crippen molar-refractivity contribution in [2.75, 3.05) is 31.9 Å². The summed E-state index contributed by atoms with van der Waals surface area (Å²) in [6.45, 7) is 9.64. The first-order chi connectivity index (χ1) is 9.65. The third-order valence-electron chi connectivity index (χ3n) is 4.07. The Labute approximate surface area is 119 Å². The number of nitrogen functional groups attached to an aromatic ring is 1. The van der Waals surface area contributed by atoms with E-state index in [0.29, 0.717) is 11.7 Å². The highest BCUT2D eigenvalue weighted by Gasteiger charge is 2.23. The highest BCUT2D eigenvalue weighted by Crippen LogP contribution is 2.20. The fraction of sp³-hybridized carbons (Fsp3) is 0.533. The number of aromatic nitrogens is 1. The summed E-state index contributed by atoms with van der Waals surface area (Å²) in [5, 5.41) is 0. The quantitative estimate of drug-likeness (QED) is 0.867. The second-order valence-corrected chi connectivity index (χ2v) is 5.55. The smallest absolute Gasteiger partial charge is 0.209 e. The van der Waals surface area contributed by atoms with Crippen LogP contribution < -0.4 is 5.73 Å². The van der Waals surface area contributed by atoms with Gasteiger partial charge in [-0.1, -0.05) is 6.92 Å². The largest absolute Gasteiger partial charge is 0.439 e. The Hall–Kier alpha value is -1.59. The van der Waals surface area contributed by atoms with E-state index in [1.807, 2.05) is 18.2 Å². The maximum absolute atomic E-state index is 5.79. The van der Waals surface area contributed by atoms with Crippen molar-refractivity contribution in [3.63, 3.8) is 0 Å². The van der Waals surface area contributed by atoms with Crippen LogP contribution in [0.1, 0.15) is 19.7 Å². The number of benzene rings is 1. The van der Waals surface area contributed by atoms with Crippen LogP contribution in [0.2, 0.25) is 0 Å². The molecule has 2 N–H and O–H groups in total. The van der Waals surface area contributed by atoms with Crippen LogP contribution in [-0.4, -0.2) is 47.0 Å². The topological polar surface area (TPSA) is 58.5 Å². The normalized spacial score (nSPS) is 21.6. The van der Waals surface area contributed by atoms with Crippen molar-refractivity contribution in [1.82, 2.24) is 14.8 Å². The maximum Gasteiger partial charge on any atom is 0.209 e. The molecule has 1 unspecified atom stereocenters. The van der Waals surface area contributed by atoms with E-state index in [1.54, 1.807) is 0 Å². The lowest BCUT2D eigenvalue weighted by Crippen LogP contribution is -2.51. The molecule has 0 aliphatic carbocycles. The van der Waals surface area contributed by atoms with Gasteiger partial charge >= 0.3 is 0 Å². The molecule has 0 amide bonds. The maximum atomic E-state index is 5.79. The Kier molecular flexibility index (Phi) is 3.63. The second kappa shape index (κ2) is 5.42. The molecule has 1 aromatic heterocycles. The fourth-order valence-electron chi connectivity index (χ4n) is 2.93. The second-order valence-electron chi connectivity index (χ2n) is 5.55. The van der Waals surface area contributed by atoms with Crippen LogP contribution in [-0.2, 0) is 6.54 Å². The first-order valence-electron chi connectivity index (χ1n) is 7.27. The Bertz CT molecular complexity index is 595. The van der Waals surface area contributed by atoms with Crippen molar-refractivity contribution in [3.05, 3.63) is 24.1 Å². The van der Waals surface area contributed by atoms with Gasteiger partial charge in [0.2, 0.25) is 5.89 Å². The molecular weight excluding hydrogens is 252 g/mol. The molecule has 1 aliphatic heterocycles. The highest BCUT2D eigenvalue weighted by molar-refractivity contribution is 5.76. The Balaban J connectivity index is 1.70. The molecule has 20 heavy (non-hydrogen) atoms. The van der Waals surface area contributed by atoms with E-state index < -0.39 is 0 Å². The predicted octanol–water partition coefficient (Wildman–Crippen LogP) is 1.94. The average Bonchev–Trinajstić information content (AvgIpc) is 2.80. The Morgan fingerprint density at radius 2 is 2.25 bits per heavy atom. The molecule has 0 bridgehead atoms. The Morgan fingerprint density at radius 3 is 3.00 bits per heavy atom. The number of likely N-dealkylation sites (N-methyl/N-ethyl adjacent to an activating group) is 1. The zero-order valence-corrected chi connectivity index (χ0v) is 12.2. The third kappa shape index (κ3) is 2.64. The van der Waals surface area contributed by atoms with E-state index in [2.05, 4.69) is 28.6 Å². The molecule has 3 rings (SSSR count). The standard InChI is InChI=1S/C15H22N4O/c1-3-19-7-6-18(9-11(19)2)10-15-17-13-5-4-12(16)8-14(13)20-15/h4-5,8,11H,3,6-7,9-10,16H2,1-2H3. The van der Waals surface area contributed by atoms with Gasteiger partial charge in [-0.25, -0.2) is 4.98 Å². The lowest BCUT2D eigenvalue weighted by atomic mass is 10.2. The number of nitrogens with zero attached hydrogens (tertiary/aromatic N) is 3. The molecule has 1 atom stereocenters. The van der Waals surface area contributed by atoms with Gasteiger partial charge < -0.3 is 10.2 Å². The molecule has 0 radical (unpaired) electrons. The fourth-order valence-corrected chi connectivity index (χ4v) is 2.93. The number of fused-ring (bicyclic) bond motifs is 1.